The van der Waals surface area contributed by atoms with Crippen molar-refractivity contribution in [3.05, 3.63) is 0 Å². The Morgan fingerprint density at radius 3 is 1.44 bits per heavy atom. The maximum absolute atomic E-state index is 3.46. The summed E-state index contributed by atoms with van der Waals surface area (Å²) in [4.78, 5) is 0. The van der Waals surface area contributed by atoms with Gasteiger partial charge in [0.2, 0.25) is 0 Å². The van der Waals surface area contributed by atoms with Crippen LogP contribution in [0.3, 0.4) is 0 Å². The van der Waals surface area contributed by atoms with Gasteiger partial charge in [0.25, 0.3) is 0 Å². The molecule has 0 radical (unpaired) electrons. The molecule has 0 aromatic rings. The number of nitrogens with one attached hydrogen (secondary N) is 2. The Kier molecular flexibility index (Phi) is 16.3. The van der Waals surface area contributed by atoms with Crippen LogP contribution in [0.15, 0.2) is 0 Å². The minimum atomic E-state index is -1.56. The van der Waals surface area contributed by atoms with Crippen molar-refractivity contribution in [2.24, 2.45) is 0 Å². The molecule has 1 aliphatic heterocycles. The van der Waals surface area contributed by atoms with Crippen molar-refractivity contribution < 1.29 is 16.8 Å². The Labute approximate surface area is 122 Å². The summed E-state index contributed by atoms with van der Waals surface area (Å²) in [5, 5.41) is 14.3. The molecule has 0 saturated carbocycles. The van der Waals surface area contributed by atoms with Gasteiger partial charge in [-0.3, -0.25) is 0 Å². The Bertz CT molecular complexity index is 145. The van der Waals surface area contributed by atoms with Crippen LogP contribution < -0.4 is 10.6 Å². The van der Waals surface area contributed by atoms with Gasteiger partial charge in [-0.15, -0.1) is 37.2 Å². The first kappa shape index (κ1) is 22.6. The standard InChI is InChI=1S/C6H14N3.3CH3.3ClH.Ti/c1-2-8-5-6-9-4-3-7-1;;;;;;;/h7-8H,1-6H2;3*1H3;3*1H;/q-1;;;;;;;+1. The van der Waals surface area contributed by atoms with Crippen molar-refractivity contribution >= 4 is 37.2 Å². The molecule has 102 valence electrons. The monoisotopic (exact) mass is 329 g/mol. The molecule has 16 heavy (non-hydrogen) atoms. The van der Waals surface area contributed by atoms with Crippen LogP contribution in [0.4, 0.5) is 0 Å². The van der Waals surface area contributed by atoms with E-state index in [9.17, 15) is 0 Å². The van der Waals surface area contributed by atoms with Crippen LogP contribution in [0, 0.1) is 0 Å². The fourth-order valence-corrected chi connectivity index (χ4v) is 4.08. The third-order valence-electron chi connectivity index (χ3n) is 2.54. The topological polar surface area (TPSA) is 27.3 Å². The zero-order valence-corrected chi connectivity index (χ0v) is 14.4. The SMILES string of the molecule is Cl.Cl.Cl.[CH3][Ti]([CH3])([CH3])[N]1CCNCCNCC1. The predicted molar refractivity (Wildman–Crippen MR) is 76.6 cm³/mol. The van der Waals surface area contributed by atoms with E-state index in [0.29, 0.717) is 0 Å². The zero-order valence-electron chi connectivity index (χ0n) is 10.4. The van der Waals surface area contributed by atoms with Gasteiger partial charge in [0.05, 0.1) is 0 Å². The molecule has 0 amide bonds. The summed E-state index contributed by atoms with van der Waals surface area (Å²) >= 11 is -1.56. The van der Waals surface area contributed by atoms with E-state index >= 15 is 0 Å². The van der Waals surface area contributed by atoms with Gasteiger partial charge in [-0.25, -0.2) is 0 Å². The van der Waals surface area contributed by atoms with E-state index in [1.807, 2.05) is 0 Å². The minimum absolute atomic E-state index is 0. The van der Waals surface area contributed by atoms with E-state index < -0.39 is 16.8 Å². The molecular formula is C9H26Cl3N3Ti. The second-order valence-corrected chi connectivity index (χ2v) is 12.4. The Balaban J connectivity index is -0.000000563. The molecule has 0 aromatic heterocycles. The molecule has 1 heterocycles. The molecule has 1 rings (SSSR count). The molecule has 1 saturated heterocycles. The molecule has 1 fully saturated rings. The molecule has 7 heteroatoms. The van der Waals surface area contributed by atoms with Crippen LogP contribution in [0.25, 0.3) is 0 Å². The first-order valence-electron chi connectivity index (χ1n) is 5.27. The summed E-state index contributed by atoms with van der Waals surface area (Å²) in [6.07, 6.45) is 0. The number of rotatable bonds is 1. The van der Waals surface area contributed by atoms with E-state index in [0.717, 1.165) is 26.2 Å². The maximum atomic E-state index is 3.46. The van der Waals surface area contributed by atoms with Gasteiger partial charge in [-0.2, -0.15) is 0 Å². The Morgan fingerprint density at radius 1 is 0.750 bits per heavy atom. The van der Waals surface area contributed by atoms with Crippen LogP contribution in [-0.4, -0.2) is 42.7 Å². The van der Waals surface area contributed by atoms with E-state index in [1.54, 1.807) is 0 Å². The second-order valence-electron chi connectivity index (χ2n) is 4.66. The molecule has 0 bridgehead atoms. The van der Waals surface area contributed by atoms with Gasteiger partial charge in [0.15, 0.2) is 0 Å². The molecule has 0 aromatic carbocycles. The zero-order chi connectivity index (χ0) is 9.73. The van der Waals surface area contributed by atoms with Gasteiger partial charge in [-0.1, -0.05) is 0 Å². The number of hydrogen-bond acceptors (Lipinski definition) is 3. The summed E-state index contributed by atoms with van der Waals surface area (Å²) in [7, 11) is 0. The summed E-state index contributed by atoms with van der Waals surface area (Å²) in [5.74, 6) is 0. The summed E-state index contributed by atoms with van der Waals surface area (Å²) in [6.45, 7) is 7.03. The second kappa shape index (κ2) is 11.5. The van der Waals surface area contributed by atoms with Crippen LogP contribution >= 0.6 is 37.2 Å². The van der Waals surface area contributed by atoms with Crippen molar-refractivity contribution in [3.63, 3.8) is 0 Å². The van der Waals surface area contributed by atoms with Crippen LogP contribution in [0.2, 0.25) is 15.7 Å². The van der Waals surface area contributed by atoms with Crippen molar-refractivity contribution in [3.8, 4) is 0 Å². The average molecular weight is 331 g/mol. The van der Waals surface area contributed by atoms with Crippen molar-refractivity contribution in [1.29, 1.82) is 0 Å². The van der Waals surface area contributed by atoms with Crippen molar-refractivity contribution in [2.75, 3.05) is 39.3 Å². The quantitative estimate of drug-likeness (QED) is 0.720. The molecular weight excluding hydrogens is 304 g/mol. The first-order valence-corrected chi connectivity index (χ1v) is 10.7. The molecule has 0 aliphatic carbocycles. The fourth-order valence-electron chi connectivity index (χ4n) is 1.64. The molecule has 0 spiro atoms. The van der Waals surface area contributed by atoms with Gasteiger partial charge < -0.3 is 0 Å². The number of halogens is 3. The average Bonchev–Trinajstić information content (AvgIpc) is 2.14. The number of hydrogen-bond donors (Lipinski definition) is 2. The predicted octanol–water partition coefficient (Wildman–Crippen LogP) is 1.96. The van der Waals surface area contributed by atoms with Crippen LogP contribution in [0.5, 0.6) is 0 Å². The Hall–Kier alpha value is 1.46. The van der Waals surface area contributed by atoms with Gasteiger partial charge >= 0.3 is 85.8 Å². The molecule has 3 nitrogen and oxygen atoms in total. The summed E-state index contributed by atoms with van der Waals surface area (Å²) in [6, 6.07) is 0. The third kappa shape index (κ3) is 9.49. The molecule has 2 N–H and O–H groups in total. The van der Waals surface area contributed by atoms with Crippen molar-refractivity contribution in [2.45, 2.75) is 15.7 Å². The van der Waals surface area contributed by atoms with E-state index in [2.05, 4.69) is 29.7 Å². The molecule has 1 aliphatic rings. The summed E-state index contributed by atoms with van der Waals surface area (Å²) in [5.41, 5.74) is 0. The fraction of sp³-hybridized carbons (Fsp3) is 1.00. The van der Waals surface area contributed by atoms with Crippen LogP contribution in [0.1, 0.15) is 0 Å². The normalized spacial score (nSPS) is 18.9. The first-order chi connectivity index (χ1) is 6.11. The van der Waals surface area contributed by atoms with E-state index in [1.165, 1.54) is 13.1 Å². The summed E-state index contributed by atoms with van der Waals surface area (Å²) < 4.78 is 2.71. The van der Waals surface area contributed by atoms with Gasteiger partial charge in [0, 0.05) is 0 Å². The van der Waals surface area contributed by atoms with E-state index in [-0.39, 0.29) is 37.2 Å². The van der Waals surface area contributed by atoms with E-state index in [4.69, 9.17) is 0 Å². The van der Waals surface area contributed by atoms with Crippen molar-refractivity contribution in [1.82, 2.24) is 14.0 Å². The molecule has 0 unspecified atom stereocenters. The molecule has 0 atom stereocenters. The Morgan fingerprint density at radius 2 is 1.12 bits per heavy atom. The third-order valence-corrected chi connectivity index (χ3v) is 6.21. The van der Waals surface area contributed by atoms with Crippen LogP contribution in [-0.2, 0) is 16.8 Å². The van der Waals surface area contributed by atoms with Gasteiger partial charge in [-0.05, 0) is 0 Å². The van der Waals surface area contributed by atoms with Gasteiger partial charge in [0.1, 0.15) is 0 Å². The number of nitrogens with zero attached hydrogens (tertiary/aromatic N) is 1.